The van der Waals surface area contributed by atoms with Gasteiger partial charge in [0, 0.05) is 13.0 Å². The molecular weight excluding hydrogens is 256 g/mol. The van der Waals surface area contributed by atoms with E-state index in [1.807, 2.05) is 24.3 Å². The fourth-order valence-corrected chi connectivity index (χ4v) is 2.75. The topological polar surface area (TPSA) is 44.8 Å². The van der Waals surface area contributed by atoms with Gasteiger partial charge in [0.15, 0.2) is 0 Å². The van der Waals surface area contributed by atoms with Crippen LogP contribution in [0.4, 0.5) is 0 Å². The summed E-state index contributed by atoms with van der Waals surface area (Å²) in [7, 11) is 4.75. The van der Waals surface area contributed by atoms with Crippen molar-refractivity contribution in [2.45, 2.75) is 19.4 Å². The SMILES string of the molecule is COC(=O)CC=C1c2ccc(OC)cc2C(OC)C1C. The van der Waals surface area contributed by atoms with Crippen LogP contribution >= 0.6 is 0 Å². The number of hydrogen-bond donors (Lipinski definition) is 0. The zero-order valence-electron chi connectivity index (χ0n) is 12.3. The number of fused-ring (bicyclic) bond motifs is 1. The molecule has 0 radical (unpaired) electrons. The average molecular weight is 276 g/mol. The lowest BCUT2D eigenvalue weighted by molar-refractivity contribution is -0.139. The molecular formula is C16H20O4. The summed E-state index contributed by atoms with van der Waals surface area (Å²) in [6.07, 6.45) is 2.20. The van der Waals surface area contributed by atoms with Crippen molar-refractivity contribution in [1.82, 2.24) is 0 Å². The Hall–Kier alpha value is -1.81. The molecule has 20 heavy (non-hydrogen) atoms. The Bertz CT molecular complexity index is 533. The first-order valence-corrected chi connectivity index (χ1v) is 6.60. The van der Waals surface area contributed by atoms with E-state index < -0.39 is 0 Å². The van der Waals surface area contributed by atoms with Crippen LogP contribution in [0.2, 0.25) is 0 Å². The molecule has 0 aliphatic heterocycles. The van der Waals surface area contributed by atoms with Gasteiger partial charge in [-0.15, -0.1) is 0 Å². The van der Waals surface area contributed by atoms with E-state index in [4.69, 9.17) is 9.47 Å². The lowest BCUT2D eigenvalue weighted by atomic mass is 9.99. The summed E-state index contributed by atoms with van der Waals surface area (Å²) >= 11 is 0. The molecule has 0 amide bonds. The standard InChI is InChI=1S/C16H20O4/c1-10-12(7-8-15(17)19-3)13-6-5-11(18-2)9-14(13)16(10)20-4/h5-7,9-10,16H,8H2,1-4H3. The molecule has 0 fully saturated rings. The zero-order chi connectivity index (χ0) is 14.7. The summed E-state index contributed by atoms with van der Waals surface area (Å²) in [5, 5.41) is 0. The Morgan fingerprint density at radius 1 is 1.30 bits per heavy atom. The summed E-state index contributed by atoms with van der Waals surface area (Å²) in [5.41, 5.74) is 3.35. The Morgan fingerprint density at radius 2 is 2.05 bits per heavy atom. The second-order valence-corrected chi connectivity index (χ2v) is 4.84. The maximum absolute atomic E-state index is 11.3. The molecule has 1 aliphatic carbocycles. The van der Waals surface area contributed by atoms with E-state index in [1.54, 1.807) is 14.2 Å². The van der Waals surface area contributed by atoms with Crippen molar-refractivity contribution in [3.8, 4) is 5.75 Å². The summed E-state index contributed by atoms with van der Waals surface area (Å²) in [6.45, 7) is 2.10. The van der Waals surface area contributed by atoms with E-state index in [0.29, 0.717) is 0 Å². The predicted molar refractivity (Wildman–Crippen MR) is 76.5 cm³/mol. The average Bonchev–Trinajstić information content (AvgIpc) is 2.74. The number of hydrogen-bond acceptors (Lipinski definition) is 4. The summed E-state index contributed by atoms with van der Waals surface area (Å²) in [5.74, 6) is 0.777. The minimum Gasteiger partial charge on any atom is -0.497 e. The van der Waals surface area contributed by atoms with Gasteiger partial charge in [0.25, 0.3) is 0 Å². The molecule has 108 valence electrons. The van der Waals surface area contributed by atoms with Gasteiger partial charge in [0.05, 0.1) is 26.7 Å². The Morgan fingerprint density at radius 3 is 2.65 bits per heavy atom. The largest absolute Gasteiger partial charge is 0.497 e. The third kappa shape index (κ3) is 2.56. The maximum atomic E-state index is 11.3. The highest BCUT2D eigenvalue weighted by atomic mass is 16.5. The van der Waals surface area contributed by atoms with Crippen LogP contribution in [0.3, 0.4) is 0 Å². The van der Waals surface area contributed by atoms with Crippen molar-refractivity contribution in [2.75, 3.05) is 21.3 Å². The van der Waals surface area contributed by atoms with E-state index in [9.17, 15) is 4.79 Å². The monoisotopic (exact) mass is 276 g/mol. The molecule has 0 saturated heterocycles. The summed E-state index contributed by atoms with van der Waals surface area (Å²) < 4.78 is 15.6. The highest BCUT2D eigenvalue weighted by Crippen LogP contribution is 2.47. The van der Waals surface area contributed by atoms with Crippen molar-refractivity contribution in [3.05, 3.63) is 35.4 Å². The predicted octanol–water partition coefficient (Wildman–Crippen LogP) is 2.98. The van der Waals surface area contributed by atoms with Crippen molar-refractivity contribution in [1.29, 1.82) is 0 Å². The number of rotatable bonds is 4. The number of carbonyl (C=O) groups is 1. The highest BCUT2D eigenvalue weighted by molar-refractivity contribution is 5.80. The van der Waals surface area contributed by atoms with Gasteiger partial charge in [-0.2, -0.15) is 0 Å². The first-order chi connectivity index (χ1) is 9.62. The van der Waals surface area contributed by atoms with Crippen molar-refractivity contribution in [3.63, 3.8) is 0 Å². The molecule has 0 N–H and O–H groups in total. The number of methoxy groups -OCH3 is 3. The molecule has 2 rings (SSSR count). The molecule has 4 nitrogen and oxygen atoms in total. The quantitative estimate of drug-likeness (QED) is 0.793. The van der Waals surface area contributed by atoms with Crippen LogP contribution in [0.25, 0.3) is 5.57 Å². The van der Waals surface area contributed by atoms with Gasteiger partial charge in [-0.3, -0.25) is 4.79 Å². The molecule has 0 bridgehead atoms. The smallest absolute Gasteiger partial charge is 0.309 e. The normalized spacial score (nSPS) is 22.7. The molecule has 0 heterocycles. The van der Waals surface area contributed by atoms with Crippen molar-refractivity contribution < 1.29 is 19.0 Å². The summed E-state index contributed by atoms with van der Waals surface area (Å²) in [6, 6.07) is 5.95. The van der Waals surface area contributed by atoms with Gasteiger partial charge < -0.3 is 14.2 Å². The van der Waals surface area contributed by atoms with E-state index in [2.05, 4.69) is 11.7 Å². The fraction of sp³-hybridized carbons (Fsp3) is 0.438. The number of benzene rings is 1. The van der Waals surface area contributed by atoms with Gasteiger partial charge >= 0.3 is 5.97 Å². The number of carbonyl (C=O) groups excluding carboxylic acids is 1. The van der Waals surface area contributed by atoms with E-state index >= 15 is 0 Å². The van der Waals surface area contributed by atoms with Gasteiger partial charge in [0.1, 0.15) is 5.75 Å². The van der Waals surface area contributed by atoms with Gasteiger partial charge in [-0.05, 0) is 28.8 Å². The molecule has 2 atom stereocenters. The zero-order valence-corrected chi connectivity index (χ0v) is 12.3. The second-order valence-electron chi connectivity index (χ2n) is 4.84. The Balaban J connectivity index is 2.40. The molecule has 1 aromatic carbocycles. The van der Waals surface area contributed by atoms with Gasteiger partial charge in [0.2, 0.25) is 0 Å². The minimum absolute atomic E-state index is 0.0102. The van der Waals surface area contributed by atoms with Gasteiger partial charge in [-0.1, -0.05) is 19.1 Å². The van der Waals surface area contributed by atoms with Crippen molar-refractivity contribution in [2.24, 2.45) is 5.92 Å². The van der Waals surface area contributed by atoms with E-state index in [-0.39, 0.29) is 24.4 Å². The summed E-state index contributed by atoms with van der Waals surface area (Å²) in [4.78, 5) is 11.3. The van der Waals surface area contributed by atoms with E-state index in [0.717, 1.165) is 22.4 Å². The van der Waals surface area contributed by atoms with E-state index in [1.165, 1.54) is 7.11 Å². The maximum Gasteiger partial charge on any atom is 0.309 e. The molecule has 1 aromatic rings. The van der Waals surface area contributed by atoms with Crippen LogP contribution in [0.1, 0.15) is 30.6 Å². The molecule has 4 heteroatoms. The first kappa shape index (κ1) is 14.6. The molecule has 2 unspecified atom stereocenters. The number of ether oxygens (including phenoxy) is 3. The fourth-order valence-electron chi connectivity index (χ4n) is 2.75. The van der Waals surface area contributed by atoms with Crippen LogP contribution in [0.5, 0.6) is 5.75 Å². The molecule has 0 aromatic heterocycles. The third-order valence-electron chi connectivity index (χ3n) is 3.79. The van der Waals surface area contributed by atoms with Gasteiger partial charge in [-0.25, -0.2) is 0 Å². The van der Waals surface area contributed by atoms with Crippen LogP contribution in [-0.2, 0) is 14.3 Å². The lowest BCUT2D eigenvalue weighted by Crippen LogP contribution is -2.05. The van der Waals surface area contributed by atoms with Crippen LogP contribution in [0, 0.1) is 5.92 Å². The minimum atomic E-state index is -0.236. The first-order valence-electron chi connectivity index (χ1n) is 6.60. The second kappa shape index (κ2) is 6.09. The Kier molecular flexibility index (Phi) is 4.45. The Labute approximate surface area is 119 Å². The van der Waals surface area contributed by atoms with Crippen LogP contribution in [0.15, 0.2) is 24.3 Å². The third-order valence-corrected chi connectivity index (χ3v) is 3.79. The lowest BCUT2D eigenvalue weighted by Gasteiger charge is -2.15. The van der Waals surface area contributed by atoms with Crippen molar-refractivity contribution >= 4 is 11.5 Å². The molecule has 0 saturated carbocycles. The highest BCUT2D eigenvalue weighted by Gasteiger charge is 2.33. The molecule has 1 aliphatic rings. The van der Waals surface area contributed by atoms with Crippen LogP contribution in [-0.4, -0.2) is 27.3 Å². The number of esters is 1. The molecule has 0 spiro atoms. The van der Waals surface area contributed by atoms with Crippen LogP contribution < -0.4 is 4.74 Å².